The van der Waals surface area contributed by atoms with E-state index in [9.17, 15) is 18.9 Å². The summed E-state index contributed by atoms with van der Waals surface area (Å²) in [6.07, 6.45) is 0. The molecule has 0 heterocycles. The van der Waals surface area contributed by atoms with Gasteiger partial charge in [-0.25, -0.2) is 0 Å². The van der Waals surface area contributed by atoms with Gasteiger partial charge in [-0.2, -0.15) is 8.78 Å². The zero-order valence-corrected chi connectivity index (χ0v) is 9.12. The molecule has 82 valence electrons. The van der Waals surface area contributed by atoms with Gasteiger partial charge >= 0.3 is 6.61 Å². The van der Waals surface area contributed by atoms with Crippen molar-refractivity contribution in [1.82, 2.24) is 0 Å². The summed E-state index contributed by atoms with van der Waals surface area (Å²) in [5.41, 5.74) is 0.0821. The highest BCUT2D eigenvalue weighted by Gasteiger charge is 2.18. The molecule has 0 aliphatic heterocycles. The van der Waals surface area contributed by atoms with E-state index in [1.54, 1.807) is 0 Å². The van der Waals surface area contributed by atoms with Crippen LogP contribution >= 0.6 is 15.9 Å². The van der Waals surface area contributed by atoms with E-state index in [-0.39, 0.29) is 21.5 Å². The molecule has 0 aliphatic carbocycles. The molecule has 4 nitrogen and oxygen atoms in total. The molecule has 0 amide bonds. The van der Waals surface area contributed by atoms with E-state index in [1.165, 1.54) is 6.92 Å². The lowest BCUT2D eigenvalue weighted by Gasteiger charge is -2.08. The predicted molar refractivity (Wildman–Crippen MR) is 52.2 cm³/mol. The smallest absolute Gasteiger partial charge is 0.387 e. The van der Waals surface area contributed by atoms with Crippen molar-refractivity contribution in [3.63, 3.8) is 0 Å². The monoisotopic (exact) mass is 281 g/mol. The number of nitrogens with zero attached hydrogens (tertiary/aromatic N) is 1. The minimum absolute atomic E-state index is 0.0810. The van der Waals surface area contributed by atoms with Crippen LogP contribution in [0.15, 0.2) is 16.6 Å². The van der Waals surface area contributed by atoms with Gasteiger partial charge in [0.2, 0.25) is 0 Å². The van der Waals surface area contributed by atoms with Gasteiger partial charge < -0.3 is 4.74 Å². The Kier molecular flexibility index (Phi) is 3.57. The number of halogens is 3. The van der Waals surface area contributed by atoms with Gasteiger partial charge in [-0.1, -0.05) is 0 Å². The van der Waals surface area contributed by atoms with E-state index in [1.807, 2.05) is 0 Å². The molecule has 0 fully saturated rings. The molecule has 1 aromatic carbocycles. The Morgan fingerprint density at radius 3 is 2.60 bits per heavy atom. The van der Waals surface area contributed by atoms with Crippen molar-refractivity contribution in [3.05, 3.63) is 32.3 Å². The Bertz CT molecular complexity index is 398. The number of alkyl halides is 2. The molecule has 0 aliphatic rings. The van der Waals surface area contributed by atoms with Crippen LogP contribution in [-0.2, 0) is 0 Å². The molecule has 0 aromatic heterocycles. The van der Waals surface area contributed by atoms with Crippen LogP contribution in [0.5, 0.6) is 5.75 Å². The SMILES string of the molecule is Cc1c(OC(F)F)ccc([N+](=O)[O-])c1Br. The third kappa shape index (κ3) is 2.62. The van der Waals surface area contributed by atoms with E-state index in [4.69, 9.17) is 0 Å². The maximum Gasteiger partial charge on any atom is 0.387 e. The van der Waals surface area contributed by atoms with Crippen molar-refractivity contribution < 1.29 is 18.4 Å². The highest BCUT2D eigenvalue weighted by molar-refractivity contribution is 9.10. The Hall–Kier alpha value is -1.24. The molecular formula is C8H6BrF2NO3. The van der Waals surface area contributed by atoms with Crippen molar-refractivity contribution >= 4 is 21.6 Å². The van der Waals surface area contributed by atoms with Crippen molar-refractivity contribution in [2.75, 3.05) is 0 Å². The summed E-state index contributed by atoms with van der Waals surface area (Å²) < 4.78 is 28.2. The largest absolute Gasteiger partial charge is 0.435 e. The van der Waals surface area contributed by atoms with Crippen LogP contribution in [0.4, 0.5) is 14.5 Å². The first-order chi connectivity index (χ1) is 6.93. The highest BCUT2D eigenvalue weighted by Crippen LogP contribution is 2.34. The summed E-state index contributed by atoms with van der Waals surface area (Å²) in [5, 5.41) is 10.5. The molecule has 0 saturated carbocycles. The lowest BCUT2D eigenvalue weighted by atomic mass is 10.2. The predicted octanol–water partition coefficient (Wildman–Crippen LogP) is 3.27. The molecule has 0 atom stereocenters. The van der Waals surface area contributed by atoms with Crippen LogP contribution in [0.3, 0.4) is 0 Å². The average molecular weight is 282 g/mol. The Morgan fingerprint density at radius 1 is 1.53 bits per heavy atom. The van der Waals surface area contributed by atoms with E-state index < -0.39 is 11.5 Å². The van der Waals surface area contributed by atoms with Crippen LogP contribution in [0.2, 0.25) is 0 Å². The number of nitro benzene ring substituents is 1. The van der Waals surface area contributed by atoms with Crippen LogP contribution in [-0.4, -0.2) is 11.5 Å². The van der Waals surface area contributed by atoms with Gasteiger partial charge in [0.05, 0.1) is 4.92 Å². The molecule has 0 spiro atoms. The van der Waals surface area contributed by atoms with Crippen molar-refractivity contribution in [2.45, 2.75) is 13.5 Å². The van der Waals surface area contributed by atoms with Crippen LogP contribution in [0.25, 0.3) is 0 Å². The van der Waals surface area contributed by atoms with Crippen LogP contribution in [0.1, 0.15) is 5.56 Å². The minimum Gasteiger partial charge on any atom is -0.435 e. The fourth-order valence-corrected chi connectivity index (χ4v) is 1.49. The first-order valence-corrected chi connectivity index (χ1v) is 4.61. The molecule has 0 radical (unpaired) electrons. The lowest BCUT2D eigenvalue weighted by molar-refractivity contribution is -0.385. The fraction of sp³-hybridized carbons (Fsp3) is 0.250. The third-order valence-corrected chi connectivity index (χ3v) is 2.73. The van der Waals surface area contributed by atoms with Crippen LogP contribution in [0, 0.1) is 17.0 Å². The summed E-state index contributed by atoms with van der Waals surface area (Å²) in [5.74, 6) is -0.0810. The topological polar surface area (TPSA) is 52.4 Å². The fourth-order valence-electron chi connectivity index (χ4n) is 1.02. The second-order valence-electron chi connectivity index (χ2n) is 2.66. The maximum absolute atomic E-state index is 11.9. The molecule has 1 aromatic rings. The first kappa shape index (κ1) is 11.8. The lowest BCUT2D eigenvalue weighted by Crippen LogP contribution is -2.04. The summed E-state index contributed by atoms with van der Waals surface area (Å²) in [6, 6.07) is 2.25. The van der Waals surface area contributed by atoms with E-state index >= 15 is 0 Å². The van der Waals surface area contributed by atoms with Gasteiger partial charge in [-0.15, -0.1) is 0 Å². The van der Waals surface area contributed by atoms with Gasteiger partial charge in [0, 0.05) is 11.6 Å². The molecule has 1 rings (SSSR count). The minimum atomic E-state index is -2.95. The van der Waals surface area contributed by atoms with Gasteiger partial charge in [0.25, 0.3) is 5.69 Å². The number of nitro groups is 1. The number of ether oxygens (including phenoxy) is 1. The molecule has 7 heteroatoms. The first-order valence-electron chi connectivity index (χ1n) is 3.81. The second kappa shape index (κ2) is 4.52. The van der Waals surface area contributed by atoms with Gasteiger partial charge in [-0.3, -0.25) is 10.1 Å². The highest BCUT2D eigenvalue weighted by atomic mass is 79.9. The molecule has 0 unspecified atom stereocenters. The quantitative estimate of drug-likeness (QED) is 0.631. The number of hydrogen-bond acceptors (Lipinski definition) is 3. The number of rotatable bonds is 3. The second-order valence-corrected chi connectivity index (χ2v) is 3.45. The van der Waals surface area contributed by atoms with E-state index in [0.29, 0.717) is 0 Å². The Balaban J connectivity index is 3.15. The molecule has 0 bridgehead atoms. The normalized spacial score (nSPS) is 10.5. The maximum atomic E-state index is 11.9. The average Bonchev–Trinajstić information content (AvgIpc) is 2.12. The van der Waals surface area contributed by atoms with Crippen molar-refractivity contribution in [2.24, 2.45) is 0 Å². The molecule has 0 saturated heterocycles. The molecule has 15 heavy (non-hydrogen) atoms. The Labute approximate surface area is 92.1 Å². The molecule has 0 N–H and O–H groups in total. The van der Waals surface area contributed by atoms with E-state index in [2.05, 4.69) is 20.7 Å². The zero-order valence-electron chi connectivity index (χ0n) is 7.54. The summed E-state index contributed by atoms with van der Waals surface area (Å²) in [6.45, 7) is -1.49. The van der Waals surface area contributed by atoms with Crippen LogP contribution < -0.4 is 4.74 Å². The summed E-state index contributed by atoms with van der Waals surface area (Å²) in [4.78, 5) is 9.89. The molecular weight excluding hydrogens is 276 g/mol. The van der Waals surface area contributed by atoms with Crippen molar-refractivity contribution in [1.29, 1.82) is 0 Å². The van der Waals surface area contributed by atoms with Gasteiger partial charge in [-0.05, 0) is 28.9 Å². The number of benzene rings is 1. The third-order valence-electron chi connectivity index (χ3n) is 1.73. The Morgan fingerprint density at radius 2 is 2.13 bits per heavy atom. The summed E-state index contributed by atoms with van der Waals surface area (Å²) >= 11 is 2.95. The van der Waals surface area contributed by atoms with Gasteiger partial charge in [0.15, 0.2) is 0 Å². The zero-order chi connectivity index (χ0) is 11.6. The van der Waals surface area contributed by atoms with Crippen molar-refractivity contribution in [3.8, 4) is 5.75 Å². The standard InChI is InChI=1S/C8H6BrF2NO3/c1-4-6(15-8(10)11)3-2-5(7(4)9)12(13)14/h2-3,8H,1H3. The van der Waals surface area contributed by atoms with Gasteiger partial charge in [0.1, 0.15) is 10.2 Å². The number of hydrogen-bond donors (Lipinski definition) is 0. The van der Waals surface area contributed by atoms with E-state index in [0.717, 1.165) is 12.1 Å². The summed E-state index contributed by atoms with van der Waals surface area (Å²) in [7, 11) is 0.